The van der Waals surface area contributed by atoms with Gasteiger partial charge in [-0.2, -0.15) is 0 Å². The molecule has 6 nitrogen and oxygen atoms in total. The summed E-state index contributed by atoms with van der Waals surface area (Å²) in [7, 11) is 1.64. The molecular weight excluding hydrogens is 330 g/mol. The van der Waals surface area contributed by atoms with E-state index in [1.54, 1.807) is 13.4 Å². The minimum absolute atomic E-state index is 0.0950. The Kier molecular flexibility index (Phi) is 5.86. The molecule has 6 heteroatoms. The molecule has 1 aromatic heterocycles. The Labute approximate surface area is 152 Å². The molecule has 0 spiro atoms. The van der Waals surface area contributed by atoms with Gasteiger partial charge in [0.15, 0.2) is 0 Å². The summed E-state index contributed by atoms with van der Waals surface area (Å²) >= 11 is 0. The minimum Gasteiger partial charge on any atom is -0.497 e. The van der Waals surface area contributed by atoms with Crippen molar-refractivity contribution < 1.29 is 14.3 Å². The number of imidazole rings is 1. The second-order valence-corrected chi connectivity index (χ2v) is 5.82. The van der Waals surface area contributed by atoms with Crippen LogP contribution in [0.1, 0.15) is 23.7 Å². The highest BCUT2D eigenvalue weighted by Gasteiger charge is 2.10. The Morgan fingerprint density at radius 2 is 2.00 bits per heavy atom. The average Bonchev–Trinajstić information content (AvgIpc) is 3.11. The summed E-state index contributed by atoms with van der Waals surface area (Å²) in [4.78, 5) is 16.7. The van der Waals surface area contributed by atoms with Crippen molar-refractivity contribution >= 4 is 16.9 Å². The van der Waals surface area contributed by atoms with Gasteiger partial charge in [0.1, 0.15) is 12.1 Å². The zero-order chi connectivity index (χ0) is 18.4. The Hall–Kier alpha value is -2.86. The minimum atomic E-state index is -0.0950. The van der Waals surface area contributed by atoms with Crippen molar-refractivity contribution in [3.05, 3.63) is 54.4 Å². The standard InChI is InChI=1S/C20H23N3O3/c1-3-26-12-4-11-21-20(24)15-5-10-19-18(13-15)22-14-23(19)16-6-8-17(25-2)9-7-16/h5-10,13-14H,3-4,11-12H2,1-2H3,(H,21,24). The van der Waals surface area contributed by atoms with Gasteiger partial charge in [-0.1, -0.05) is 0 Å². The van der Waals surface area contributed by atoms with Gasteiger partial charge in [0.25, 0.3) is 5.91 Å². The van der Waals surface area contributed by atoms with E-state index in [1.807, 2.05) is 54.0 Å². The van der Waals surface area contributed by atoms with Gasteiger partial charge in [-0.3, -0.25) is 9.36 Å². The van der Waals surface area contributed by atoms with Crippen molar-refractivity contribution in [3.8, 4) is 11.4 Å². The number of amides is 1. The molecule has 1 heterocycles. The Morgan fingerprint density at radius 1 is 1.19 bits per heavy atom. The highest BCUT2D eigenvalue weighted by molar-refractivity contribution is 5.97. The Balaban J connectivity index is 1.73. The van der Waals surface area contributed by atoms with Crippen LogP contribution in [-0.2, 0) is 4.74 Å². The molecule has 136 valence electrons. The van der Waals surface area contributed by atoms with Crippen molar-refractivity contribution in [1.29, 1.82) is 0 Å². The number of fused-ring (bicyclic) bond motifs is 1. The molecule has 2 aromatic carbocycles. The van der Waals surface area contributed by atoms with E-state index < -0.39 is 0 Å². The fourth-order valence-electron chi connectivity index (χ4n) is 2.73. The quantitative estimate of drug-likeness (QED) is 0.632. The molecule has 1 amide bonds. The normalized spacial score (nSPS) is 10.8. The Bertz CT molecular complexity index is 872. The molecule has 3 rings (SSSR count). The maximum atomic E-state index is 12.3. The van der Waals surface area contributed by atoms with E-state index in [2.05, 4.69) is 10.3 Å². The number of hydrogen-bond acceptors (Lipinski definition) is 4. The molecule has 0 saturated carbocycles. The lowest BCUT2D eigenvalue weighted by molar-refractivity contribution is 0.0944. The number of carbonyl (C=O) groups is 1. The third kappa shape index (κ3) is 4.03. The van der Waals surface area contributed by atoms with Gasteiger partial charge in [-0.25, -0.2) is 4.98 Å². The molecule has 3 aromatic rings. The molecule has 0 aliphatic rings. The van der Waals surface area contributed by atoms with E-state index in [9.17, 15) is 4.79 Å². The van der Waals surface area contributed by atoms with E-state index in [0.29, 0.717) is 25.3 Å². The summed E-state index contributed by atoms with van der Waals surface area (Å²) in [6.45, 7) is 3.90. The van der Waals surface area contributed by atoms with Crippen LogP contribution in [0.25, 0.3) is 16.7 Å². The van der Waals surface area contributed by atoms with Crippen molar-refractivity contribution in [3.63, 3.8) is 0 Å². The lowest BCUT2D eigenvalue weighted by Crippen LogP contribution is -2.25. The number of nitrogens with one attached hydrogen (secondary N) is 1. The van der Waals surface area contributed by atoms with Crippen molar-refractivity contribution in [2.45, 2.75) is 13.3 Å². The fourth-order valence-corrected chi connectivity index (χ4v) is 2.73. The maximum Gasteiger partial charge on any atom is 0.251 e. The molecule has 0 aliphatic heterocycles. The third-order valence-corrected chi connectivity index (χ3v) is 4.12. The number of nitrogens with zero attached hydrogens (tertiary/aromatic N) is 2. The lowest BCUT2D eigenvalue weighted by Gasteiger charge is -2.07. The number of hydrogen-bond donors (Lipinski definition) is 1. The van der Waals surface area contributed by atoms with Gasteiger partial charge in [-0.05, 0) is 55.8 Å². The smallest absolute Gasteiger partial charge is 0.251 e. The highest BCUT2D eigenvalue weighted by atomic mass is 16.5. The number of methoxy groups -OCH3 is 1. The zero-order valence-corrected chi connectivity index (χ0v) is 15.1. The predicted molar refractivity (Wildman–Crippen MR) is 101 cm³/mol. The first-order chi connectivity index (χ1) is 12.7. The zero-order valence-electron chi connectivity index (χ0n) is 15.1. The molecule has 0 aliphatic carbocycles. The van der Waals surface area contributed by atoms with E-state index in [-0.39, 0.29) is 5.91 Å². The van der Waals surface area contributed by atoms with Gasteiger partial charge >= 0.3 is 0 Å². The first-order valence-electron chi connectivity index (χ1n) is 8.70. The molecule has 1 N–H and O–H groups in total. The molecule has 0 atom stereocenters. The van der Waals surface area contributed by atoms with Crippen LogP contribution < -0.4 is 10.1 Å². The second-order valence-electron chi connectivity index (χ2n) is 5.82. The van der Waals surface area contributed by atoms with Gasteiger partial charge in [0, 0.05) is 31.0 Å². The van der Waals surface area contributed by atoms with E-state index in [0.717, 1.165) is 28.9 Å². The number of rotatable bonds is 8. The van der Waals surface area contributed by atoms with E-state index in [4.69, 9.17) is 9.47 Å². The highest BCUT2D eigenvalue weighted by Crippen LogP contribution is 2.21. The van der Waals surface area contributed by atoms with Gasteiger partial charge < -0.3 is 14.8 Å². The molecule has 0 bridgehead atoms. The molecular formula is C20H23N3O3. The largest absolute Gasteiger partial charge is 0.497 e. The molecule has 0 saturated heterocycles. The van der Waals surface area contributed by atoms with Crippen molar-refractivity contribution in [1.82, 2.24) is 14.9 Å². The monoisotopic (exact) mass is 353 g/mol. The first-order valence-corrected chi connectivity index (χ1v) is 8.70. The summed E-state index contributed by atoms with van der Waals surface area (Å²) in [6, 6.07) is 13.3. The number of aromatic nitrogens is 2. The number of benzene rings is 2. The first kappa shape index (κ1) is 17.9. The molecule has 0 unspecified atom stereocenters. The summed E-state index contributed by atoms with van der Waals surface area (Å²) in [5.74, 6) is 0.712. The molecule has 0 radical (unpaired) electrons. The second kappa shape index (κ2) is 8.49. The van der Waals surface area contributed by atoms with Crippen LogP contribution in [0.3, 0.4) is 0 Å². The van der Waals surface area contributed by atoms with E-state index in [1.165, 1.54) is 0 Å². The summed E-state index contributed by atoms with van der Waals surface area (Å²) in [5.41, 5.74) is 3.32. The number of ether oxygens (including phenoxy) is 2. The maximum absolute atomic E-state index is 12.3. The molecule has 0 fully saturated rings. The van der Waals surface area contributed by atoms with Crippen molar-refractivity contribution in [2.75, 3.05) is 26.9 Å². The summed E-state index contributed by atoms with van der Waals surface area (Å²) in [5, 5.41) is 2.91. The summed E-state index contributed by atoms with van der Waals surface area (Å²) in [6.07, 6.45) is 2.56. The predicted octanol–water partition coefficient (Wildman–Crippen LogP) is 3.19. The summed E-state index contributed by atoms with van der Waals surface area (Å²) < 4.78 is 12.4. The van der Waals surface area contributed by atoms with Crippen LogP contribution in [0.15, 0.2) is 48.8 Å². The van der Waals surface area contributed by atoms with Crippen LogP contribution in [0.4, 0.5) is 0 Å². The molecule has 26 heavy (non-hydrogen) atoms. The van der Waals surface area contributed by atoms with Crippen LogP contribution in [0.2, 0.25) is 0 Å². The van der Waals surface area contributed by atoms with Crippen LogP contribution in [-0.4, -0.2) is 42.3 Å². The SMILES string of the molecule is CCOCCCNC(=O)c1ccc2c(c1)ncn2-c1ccc(OC)cc1. The fraction of sp³-hybridized carbons (Fsp3) is 0.300. The third-order valence-electron chi connectivity index (χ3n) is 4.12. The van der Waals surface area contributed by atoms with Gasteiger partial charge in [-0.15, -0.1) is 0 Å². The van der Waals surface area contributed by atoms with Gasteiger partial charge in [0.05, 0.1) is 18.1 Å². The van der Waals surface area contributed by atoms with Gasteiger partial charge in [0.2, 0.25) is 0 Å². The average molecular weight is 353 g/mol. The topological polar surface area (TPSA) is 65.4 Å². The van der Waals surface area contributed by atoms with Crippen molar-refractivity contribution in [2.24, 2.45) is 0 Å². The van der Waals surface area contributed by atoms with Crippen LogP contribution in [0, 0.1) is 0 Å². The number of carbonyl (C=O) groups excluding carboxylic acids is 1. The lowest BCUT2D eigenvalue weighted by atomic mass is 10.2. The van der Waals surface area contributed by atoms with Crippen LogP contribution in [0.5, 0.6) is 5.75 Å². The van der Waals surface area contributed by atoms with E-state index >= 15 is 0 Å². The van der Waals surface area contributed by atoms with Crippen LogP contribution >= 0.6 is 0 Å². The Morgan fingerprint density at radius 3 is 2.73 bits per heavy atom.